The molecule has 0 aromatic heterocycles. The number of hydrogen-bond acceptors (Lipinski definition) is 2. The first kappa shape index (κ1) is 17.8. The summed E-state index contributed by atoms with van der Waals surface area (Å²) >= 11 is 0. The van der Waals surface area contributed by atoms with Crippen LogP contribution in [0.4, 0.5) is 8.78 Å². The van der Waals surface area contributed by atoms with Crippen molar-refractivity contribution in [2.75, 3.05) is 7.05 Å². The Morgan fingerprint density at radius 2 is 1.31 bits per heavy atom. The molecule has 26 heavy (non-hydrogen) atoms. The Hall–Kier alpha value is -3.05. The quantitative estimate of drug-likeness (QED) is 0.704. The van der Waals surface area contributed by atoms with Crippen LogP contribution < -0.4 is 5.32 Å². The van der Waals surface area contributed by atoms with Crippen LogP contribution in [0, 0.1) is 11.6 Å². The van der Waals surface area contributed by atoms with Crippen molar-refractivity contribution in [1.82, 2.24) is 5.32 Å². The molecule has 0 radical (unpaired) electrons. The first-order valence-electron chi connectivity index (χ1n) is 8.03. The van der Waals surface area contributed by atoms with Gasteiger partial charge in [-0.1, -0.05) is 48.5 Å². The molecule has 0 saturated carbocycles. The van der Waals surface area contributed by atoms with Gasteiger partial charge < -0.3 is 10.4 Å². The Morgan fingerprint density at radius 3 is 1.73 bits per heavy atom. The van der Waals surface area contributed by atoms with Crippen molar-refractivity contribution in [2.24, 2.45) is 0 Å². The summed E-state index contributed by atoms with van der Waals surface area (Å²) in [5.74, 6) is -1.61. The molecule has 0 aliphatic carbocycles. The van der Waals surface area contributed by atoms with Crippen LogP contribution in [0.25, 0.3) is 0 Å². The number of nitrogens with one attached hydrogen (secondary N) is 1. The second-order valence-corrected chi connectivity index (χ2v) is 5.83. The van der Waals surface area contributed by atoms with Crippen LogP contribution in [0.2, 0.25) is 0 Å². The largest absolute Gasteiger partial charge is 0.376 e. The number of halogens is 2. The van der Waals surface area contributed by atoms with E-state index in [1.54, 1.807) is 12.1 Å². The zero-order chi connectivity index (χ0) is 18.7. The molecular weight excluding hydrogens is 336 g/mol. The summed E-state index contributed by atoms with van der Waals surface area (Å²) in [4.78, 5) is 11.7. The van der Waals surface area contributed by atoms with Crippen LogP contribution in [-0.4, -0.2) is 18.1 Å². The van der Waals surface area contributed by atoms with Crippen molar-refractivity contribution in [3.05, 3.63) is 107 Å². The number of rotatable bonds is 4. The van der Waals surface area contributed by atoms with Gasteiger partial charge >= 0.3 is 0 Å². The van der Waals surface area contributed by atoms with Crippen LogP contribution in [0.15, 0.2) is 72.8 Å². The second-order valence-electron chi connectivity index (χ2n) is 5.83. The van der Waals surface area contributed by atoms with Crippen molar-refractivity contribution in [2.45, 2.75) is 5.60 Å². The molecule has 132 valence electrons. The minimum absolute atomic E-state index is 0.0715. The molecule has 0 saturated heterocycles. The number of carbonyl (C=O) groups is 1. The first-order chi connectivity index (χ1) is 12.5. The average molecular weight is 353 g/mol. The molecule has 0 aliphatic heterocycles. The number of amides is 1. The lowest BCUT2D eigenvalue weighted by molar-refractivity contribution is 0.0961. The molecule has 0 unspecified atom stereocenters. The van der Waals surface area contributed by atoms with E-state index >= 15 is 0 Å². The minimum atomic E-state index is -2.04. The van der Waals surface area contributed by atoms with Gasteiger partial charge in [0.2, 0.25) is 0 Å². The lowest BCUT2D eigenvalue weighted by Gasteiger charge is -2.30. The minimum Gasteiger partial charge on any atom is -0.376 e. The third-order valence-electron chi connectivity index (χ3n) is 4.32. The van der Waals surface area contributed by atoms with Gasteiger partial charge in [-0.3, -0.25) is 4.79 Å². The SMILES string of the molecule is CNC(=O)c1ccc(C(O)(c2ccccc2F)c2ccccc2F)cc1. The fourth-order valence-electron chi connectivity index (χ4n) is 2.97. The van der Waals surface area contributed by atoms with Crippen LogP contribution in [0.5, 0.6) is 0 Å². The number of benzene rings is 3. The van der Waals surface area contributed by atoms with E-state index in [0.29, 0.717) is 5.56 Å². The highest BCUT2D eigenvalue weighted by molar-refractivity contribution is 5.94. The van der Waals surface area contributed by atoms with Crippen LogP contribution in [0.1, 0.15) is 27.0 Å². The summed E-state index contributed by atoms with van der Waals surface area (Å²) in [6.45, 7) is 0. The Balaban J connectivity index is 2.24. The lowest BCUT2D eigenvalue weighted by atomic mass is 9.79. The number of hydrogen-bond donors (Lipinski definition) is 2. The smallest absolute Gasteiger partial charge is 0.251 e. The van der Waals surface area contributed by atoms with Crippen LogP contribution >= 0.6 is 0 Å². The Bertz CT molecular complexity index is 893. The normalized spacial score (nSPS) is 11.2. The topological polar surface area (TPSA) is 49.3 Å². The van der Waals surface area contributed by atoms with Gasteiger partial charge in [-0.25, -0.2) is 8.78 Å². The molecule has 0 bridgehead atoms. The van der Waals surface area contributed by atoms with E-state index in [1.807, 2.05) is 0 Å². The van der Waals surface area contributed by atoms with Gasteiger partial charge in [0.05, 0.1) is 0 Å². The molecule has 3 nitrogen and oxygen atoms in total. The van der Waals surface area contributed by atoms with E-state index in [4.69, 9.17) is 0 Å². The molecule has 0 atom stereocenters. The summed E-state index contributed by atoms with van der Waals surface area (Å²) < 4.78 is 29.0. The summed E-state index contributed by atoms with van der Waals surface area (Å²) in [5.41, 5.74) is -1.56. The molecule has 2 N–H and O–H groups in total. The highest BCUT2D eigenvalue weighted by Crippen LogP contribution is 2.39. The van der Waals surface area contributed by atoms with Crippen molar-refractivity contribution in [1.29, 1.82) is 0 Å². The number of aliphatic hydroxyl groups is 1. The molecule has 0 heterocycles. The predicted molar refractivity (Wildman–Crippen MR) is 94.7 cm³/mol. The van der Waals surface area contributed by atoms with Gasteiger partial charge in [-0.15, -0.1) is 0 Å². The zero-order valence-corrected chi connectivity index (χ0v) is 14.0. The maximum Gasteiger partial charge on any atom is 0.251 e. The van der Waals surface area contributed by atoms with Crippen LogP contribution in [0.3, 0.4) is 0 Å². The summed E-state index contributed by atoms with van der Waals surface area (Å²) in [6.07, 6.45) is 0. The van der Waals surface area contributed by atoms with Gasteiger partial charge in [0.15, 0.2) is 0 Å². The fourth-order valence-corrected chi connectivity index (χ4v) is 2.97. The van der Waals surface area contributed by atoms with Gasteiger partial charge in [0, 0.05) is 23.7 Å². The van der Waals surface area contributed by atoms with Crippen LogP contribution in [-0.2, 0) is 5.60 Å². The highest BCUT2D eigenvalue weighted by atomic mass is 19.1. The van der Waals surface area contributed by atoms with E-state index in [9.17, 15) is 18.7 Å². The third-order valence-corrected chi connectivity index (χ3v) is 4.32. The Morgan fingerprint density at radius 1 is 0.846 bits per heavy atom. The van der Waals surface area contributed by atoms with Crippen molar-refractivity contribution >= 4 is 5.91 Å². The third kappa shape index (κ3) is 2.97. The molecule has 0 aliphatic rings. The van der Waals surface area contributed by atoms with Gasteiger partial charge in [-0.2, -0.15) is 0 Å². The van der Waals surface area contributed by atoms with E-state index in [1.165, 1.54) is 67.7 Å². The zero-order valence-electron chi connectivity index (χ0n) is 14.0. The standard InChI is InChI=1S/C21H17F2NO2/c1-24-20(25)14-10-12-15(13-11-14)21(26,16-6-2-4-8-18(16)22)17-7-3-5-9-19(17)23/h2-13,26H,1H3,(H,24,25). The Kier molecular flexibility index (Phi) is 4.82. The molecule has 0 spiro atoms. The van der Waals surface area contributed by atoms with E-state index < -0.39 is 17.2 Å². The van der Waals surface area contributed by atoms with Gasteiger partial charge in [0.25, 0.3) is 5.91 Å². The first-order valence-corrected chi connectivity index (χ1v) is 8.03. The van der Waals surface area contributed by atoms with E-state index in [2.05, 4.69) is 5.32 Å². The molecule has 3 rings (SSSR count). The fraction of sp³-hybridized carbons (Fsp3) is 0.0952. The molecular formula is C21H17F2NO2. The van der Waals surface area contributed by atoms with Crippen molar-refractivity contribution in [3.8, 4) is 0 Å². The average Bonchev–Trinajstić information content (AvgIpc) is 2.67. The van der Waals surface area contributed by atoms with Crippen molar-refractivity contribution in [3.63, 3.8) is 0 Å². The molecule has 3 aromatic rings. The lowest BCUT2D eigenvalue weighted by Crippen LogP contribution is -2.31. The molecule has 5 heteroatoms. The maximum absolute atomic E-state index is 14.5. The highest BCUT2D eigenvalue weighted by Gasteiger charge is 2.38. The predicted octanol–water partition coefficient (Wildman–Crippen LogP) is 3.61. The molecule has 3 aromatic carbocycles. The number of carbonyl (C=O) groups excluding carboxylic acids is 1. The summed E-state index contributed by atoms with van der Waals surface area (Å²) in [5, 5.41) is 14.0. The monoisotopic (exact) mass is 353 g/mol. The summed E-state index contributed by atoms with van der Waals surface area (Å²) in [7, 11) is 1.51. The van der Waals surface area contributed by atoms with Crippen molar-refractivity contribution < 1.29 is 18.7 Å². The van der Waals surface area contributed by atoms with E-state index in [-0.39, 0.29) is 22.6 Å². The van der Waals surface area contributed by atoms with E-state index in [0.717, 1.165) is 0 Å². The van der Waals surface area contributed by atoms with Gasteiger partial charge in [0.1, 0.15) is 17.2 Å². The Labute approximate surface area is 149 Å². The second kappa shape index (κ2) is 7.06. The van der Waals surface area contributed by atoms with Gasteiger partial charge in [-0.05, 0) is 29.8 Å². The molecule has 0 fully saturated rings. The summed E-state index contributed by atoms with van der Waals surface area (Å²) in [6, 6.07) is 17.4. The molecule has 1 amide bonds. The maximum atomic E-state index is 14.5.